The third-order valence-electron chi connectivity index (χ3n) is 5.00. The molecule has 0 saturated carbocycles. The van der Waals surface area contributed by atoms with Crippen molar-refractivity contribution in [1.29, 1.82) is 0 Å². The Bertz CT molecular complexity index is 596. The lowest BCUT2D eigenvalue weighted by atomic mass is 10.0. The summed E-state index contributed by atoms with van der Waals surface area (Å²) in [7, 11) is 0. The molecule has 2 fully saturated rings. The summed E-state index contributed by atoms with van der Waals surface area (Å²) >= 11 is 0. The summed E-state index contributed by atoms with van der Waals surface area (Å²) in [5.41, 5.74) is 0.897. The summed E-state index contributed by atoms with van der Waals surface area (Å²) < 4.78 is 0. The van der Waals surface area contributed by atoms with E-state index in [1.807, 2.05) is 24.0 Å². The molecule has 0 atom stereocenters. The molecule has 0 bridgehead atoms. The van der Waals surface area contributed by atoms with Crippen LogP contribution in [0.5, 0.6) is 0 Å². The minimum absolute atomic E-state index is 0.0730. The molecule has 3 heterocycles. The molecule has 2 aliphatic rings. The first kappa shape index (κ1) is 17.6. The topological polar surface area (TPSA) is 78.4 Å². The average molecular weight is 345 g/mol. The molecular formula is C18H27N5O2. The Hall–Kier alpha value is -2.18. The molecule has 25 heavy (non-hydrogen) atoms. The highest BCUT2D eigenvalue weighted by molar-refractivity contribution is 5.85. The monoisotopic (exact) mass is 345 g/mol. The number of nitrogens with zero attached hydrogens (tertiary/aromatic N) is 4. The van der Waals surface area contributed by atoms with Gasteiger partial charge in [-0.05, 0) is 44.7 Å². The quantitative estimate of drug-likeness (QED) is 0.896. The van der Waals surface area contributed by atoms with Crippen LogP contribution in [0.4, 0.5) is 5.82 Å². The molecule has 2 amide bonds. The van der Waals surface area contributed by atoms with Crippen LogP contribution >= 0.6 is 0 Å². The average Bonchev–Trinajstić information content (AvgIpc) is 2.82. The van der Waals surface area contributed by atoms with E-state index in [1.54, 1.807) is 4.90 Å². The van der Waals surface area contributed by atoms with Gasteiger partial charge >= 0.3 is 0 Å². The van der Waals surface area contributed by atoms with Gasteiger partial charge in [0.15, 0.2) is 0 Å². The molecule has 7 heteroatoms. The van der Waals surface area contributed by atoms with E-state index in [0.29, 0.717) is 19.0 Å². The van der Waals surface area contributed by atoms with Gasteiger partial charge in [0.1, 0.15) is 5.82 Å². The van der Waals surface area contributed by atoms with Crippen molar-refractivity contribution in [3.05, 3.63) is 17.8 Å². The number of anilines is 1. The Labute approximate surface area is 148 Å². The molecule has 0 aromatic carbocycles. The maximum atomic E-state index is 12.5. The maximum Gasteiger partial charge on any atom is 0.242 e. The largest absolute Gasteiger partial charge is 0.366 e. The van der Waals surface area contributed by atoms with Crippen molar-refractivity contribution in [3.63, 3.8) is 0 Å². The normalized spacial score (nSPS) is 19.6. The summed E-state index contributed by atoms with van der Waals surface area (Å²) in [6.45, 7) is 4.31. The number of hydrogen-bond acceptors (Lipinski definition) is 5. The van der Waals surface area contributed by atoms with Gasteiger partial charge in [0.05, 0.1) is 12.2 Å². The molecule has 0 radical (unpaired) electrons. The van der Waals surface area contributed by atoms with Crippen LogP contribution in [0.2, 0.25) is 0 Å². The van der Waals surface area contributed by atoms with Gasteiger partial charge in [0.2, 0.25) is 11.8 Å². The summed E-state index contributed by atoms with van der Waals surface area (Å²) in [5.74, 6) is 0.981. The van der Waals surface area contributed by atoms with Crippen molar-refractivity contribution in [3.8, 4) is 0 Å². The van der Waals surface area contributed by atoms with Gasteiger partial charge in [-0.25, -0.2) is 0 Å². The van der Waals surface area contributed by atoms with Crippen molar-refractivity contribution in [2.45, 2.75) is 51.5 Å². The molecule has 0 aliphatic carbocycles. The number of amides is 2. The standard InChI is InChI=1S/C18H27N5O2/c1-14-6-7-16(21-20-14)19-15-8-11-22(12-9-15)18(25)13-23-10-4-2-3-5-17(23)24/h6-7,15H,2-5,8-13H2,1H3,(H,19,21). The van der Waals surface area contributed by atoms with Crippen molar-refractivity contribution in [2.24, 2.45) is 0 Å². The first-order chi connectivity index (χ1) is 12.1. The number of hydrogen-bond donors (Lipinski definition) is 1. The maximum absolute atomic E-state index is 12.5. The van der Waals surface area contributed by atoms with Gasteiger partial charge in [0, 0.05) is 32.1 Å². The fraction of sp³-hybridized carbons (Fsp3) is 0.667. The molecule has 0 unspecified atom stereocenters. The zero-order chi connectivity index (χ0) is 17.6. The smallest absolute Gasteiger partial charge is 0.242 e. The van der Waals surface area contributed by atoms with E-state index < -0.39 is 0 Å². The Morgan fingerprint density at radius 2 is 1.96 bits per heavy atom. The van der Waals surface area contributed by atoms with E-state index in [-0.39, 0.29) is 18.4 Å². The summed E-state index contributed by atoms with van der Waals surface area (Å²) in [4.78, 5) is 28.2. The summed E-state index contributed by atoms with van der Waals surface area (Å²) in [6.07, 6.45) is 5.38. The molecule has 2 aliphatic heterocycles. The summed E-state index contributed by atoms with van der Waals surface area (Å²) in [6, 6.07) is 4.18. The van der Waals surface area contributed by atoms with Crippen molar-refractivity contribution in [2.75, 3.05) is 31.5 Å². The molecule has 3 rings (SSSR count). The lowest BCUT2D eigenvalue weighted by molar-refractivity contribution is -0.140. The number of piperidine rings is 1. The third-order valence-corrected chi connectivity index (χ3v) is 5.00. The predicted octanol–water partition coefficient (Wildman–Crippen LogP) is 1.59. The van der Waals surface area contributed by atoms with Crippen LogP contribution in [-0.2, 0) is 9.59 Å². The number of aryl methyl sites for hydroxylation is 1. The molecular weight excluding hydrogens is 318 g/mol. The van der Waals surface area contributed by atoms with E-state index in [2.05, 4.69) is 15.5 Å². The first-order valence-corrected chi connectivity index (χ1v) is 9.24. The Balaban J connectivity index is 1.45. The lowest BCUT2D eigenvalue weighted by Crippen LogP contribution is -2.47. The Morgan fingerprint density at radius 3 is 2.68 bits per heavy atom. The van der Waals surface area contributed by atoms with Crippen LogP contribution in [0.3, 0.4) is 0 Å². The second-order valence-electron chi connectivity index (χ2n) is 6.99. The van der Waals surface area contributed by atoms with E-state index in [9.17, 15) is 9.59 Å². The fourth-order valence-electron chi connectivity index (χ4n) is 3.43. The van der Waals surface area contributed by atoms with Gasteiger partial charge in [0.25, 0.3) is 0 Å². The summed E-state index contributed by atoms with van der Waals surface area (Å²) in [5, 5.41) is 11.6. The molecule has 2 saturated heterocycles. The zero-order valence-electron chi connectivity index (χ0n) is 14.9. The molecule has 0 spiro atoms. The van der Waals surface area contributed by atoms with E-state index in [1.165, 1.54) is 0 Å². The Morgan fingerprint density at radius 1 is 1.16 bits per heavy atom. The van der Waals surface area contributed by atoms with Gasteiger partial charge < -0.3 is 15.1 Å². The molecule has 1 aromatic heterocycles. The predicted molar refractivity (Wildman–Crippen MR) is 95.0 cm³/mol. The van der Waals surface area contributed by atoms with Crippen LogP contribution in [0.15, 0.2) is 12.1 Å². The number of nitrogens with one attached hydrogen (secondary N) is 1. The van der Waals surface area contributed by atoms with Crippen LogP contribution in [0, 0.1) is 6.92 Å². The van der Waals surface area contributed by atoms with Crippen LogP contribution in [0.25, 0.3) is 0 Å². The van der Waals surface area contributed by atoms with Crippen molar-refractivity contribution in [1.82, 2.24) is 20.0 Å². The second-order valence-corrected chi connectivity index (χ2v) is 6.99. The zero-order valence-corrected chi connectivity index (χ0v) is 14.9. The van der Waals surface area contributed by atoms with Crippen LogP contribution in [-0.4, -0.2) is 64.0 Å². The highest BCUT2D eigenvalue weighted by Gasteiger charge is 2.26. The van der Waals surface area contributed by atoms with Gasteiger partial charge in [-0.15, -0.1) is 5.10 Å². The van der Waals surface area contributed by atoms with Crippen LogP contribution < -0.4 is 5.32 Å². The first-order valence-electron chi connectivity index (χ1n) is 9.24. The number of carbonyl (C=O) groups excluding carboxylic acids is 2. The number of aromatic nitrogens is 2. The third kappa shape index (κ3) is 4.90. The SMILES string of the molecule is Cc1ccc(NC2CCN(C(=O)CN3CCCCCC3=O)CC2)nn1. The van der Waals surface area contributed by atoms with Crippen molar-refractivity contribution >= 4 is 17.6 Å². The molecule has 136 valence electrons. The number of likely N-dealkylation sites (tertiary alicyclic amines) is 2. The lowest BCUT2D eigenvalue weighted by Gasteiger charge is -2.34. The van der Waals surface area contributed by atoms with Crippen LogP contribution in [0.1, 0.15) is 44.2 Å². The van der Waals surface area contributed by atoms with E-state index in [0.717, 1.165) is 56.7 Å². The second kappa shape index (κ2) is 8.27. The molecule has 1 aromatic rings. The van der Waals surface area contributed by atoms with Gasteiger partial charge in [-0.1, -0.05) is 6.42 Å². The number of rotatable bonds is 4. The highest BCUT2D eigenvalue weighted by atomic mass is 16.2. The molecule has 1 N–H and O–H groups in total. The minimum Gasteiger partial charge on any atom is -0.366 e. The van der Waals surface area contributed by atoms with Crippen molar-refractivity contribution < 1.29 is 9.59 Å². The Kier molecular flexibility index (Phi) is 5.83. The van der Waals surface area contributed by atoms with E-state index in [4.69, 9.17) is 0 Å². The highest BCUT2D eigenvalue weighted by Crippen LogP contribution is 2.16. The minimum atomic E-state index is 0.0730. The van der Waals surface area contributed by atoms with Gasteiger partial charge in [-0.2, -0.15) is 5.10 Å². The number of carbonyl (C=O) groups is 2. The molecule has 7 nitrogen and oxygen atoms in total. The fourth-order valence-corrected chi connectivity index (χ4v) is 3.43. The van der Waals surface area contributed by atoms with Gasteiger partial charge in [-0.3, -0.25) is 9.59 Å². The van der Waals surface area contributed by atoms with E-state index >= 15 is 0 Å².